The lowest BCUT2D eigenvalue weighted by Gasteiger charge is -2.13. The van der Waals surface area contributed by atoms with Crippen molar-refractivity contribution in [3.05, 3.63) is 40.8 Å². The molecule has 23 heavy (non-hydrogen) atoms. The Morgan fingerprint density at radius 2 is 1.83 bits per heavy atom. The first kappa shape index (κ1) is 17.9. The van der Waals surface area contributed by atoms with Gasteiger partial charge in [0.2, 0.25) is 0 Å². The molecule has 0 unspecified atom stereocenters. The summed E-state index contributed by atoms with van der Waals surface area (Å²) in [4.78, 5) is 7.90. The minimum atomic E-state index is -3.74. The summed E-state index contributed by atoms with van der Waals surface area (Å²) in [6.45, 7) is 2.32. The number of benzene rings is 1. The first-order valence-electron chi connectivity index (χ1n) is 6.97. The van der Waals surface area contributed by atoms with Crippen molar-refractivity contribution < 1.29 is 8.42 Å². The zero-order valence-corrected chi connectivity index (χ0v) is 14.7. The summed E-state index contributed by atoms with van der Waals surface area (Å²) in [6.07, 6.45) is 2.83. The number of aromatic nitrogens is 2. The number of hydrogen-bond donors (Lipinski definition) is 2. The fraction of sp³-hybridized carbons (Fsp3) is 0.286. The van der Waals surface area contributed by atoms with Gasteiger partial charge in [-0.1, -0.05) is 48.7 Å². The number of unbranched alkanes of at least 4 members (excludes halogenated alkanes) is 1. The Hall–Kier alpha value is -1.41. The molecule has 124 valence electrons. The number of halogens is 2. The molecule has 1 aromatic carbocycles. The van der Waals surface area contributed by atoms with E-state index in [1.54, 1.807) is 24.3 Å². The lowest BCUT2D eigenvalue weighted by atomic mass is 10.1. The fourth-order valence-corrected chi connectivity index (χ4v) is 3.12. The zero-order valence-electron chi connectivity index (χ0n) is 12.4. The van der Waals surface area contributed by atoms with Gasteiger partial charge in [0, 0.05) is 11.6 Å². The van der Waals surface area contributed by atoms with E-state index in [-0.39, 0.29) is 11.0 Å². The van der Waals surface area contributed by atoms with Gasteiger partial charge in [-0.05, 0) is 24.1 Å². The molecular formula is C14H16Cl2N4O2S. The van der Waals surface area contributed by atoms with Gasteiger partial charge in [-0.15, -0.1) is 0 Å². The Labute approximate surface area is 145 Å². The van der Waals surface area contributed by atoms with Gasteiger partial charge in [0.25, 0.3) is 10.2 Å². The van der Waals surface area contributed by atoms with E-state index in [1.807, 2.05) is 6.92 Å². The molecule has 0 bridgehead atoms. The monoisotopic (exact) mass is 374 g/mol. The molecule has 0 fully saturated rings. The maximum atomic E-state index is 12.1. The minimum absolute atomic E-state index is 0.108. The summed E-state index contributed by atoms with van der Waals surface area (Å²) in [7, 11) is -3.74. The first-order chi connectivity index (χ1) is 10.9. The van der Waals surface area contributed by atoms with E-state index in [4.69, 9.17) is 23.2 Å². The van der Waals surface area contributed by atoms with Crippen LogP contribution in [0, 0.1) is 0 Å². The van der Waals surface area contributed by atoms with Gasteiger partial charge in [-0.3, -0.25) is 4.72 Å². The standard InChI is InChI=1S/C14H16Cl2N4O2S/c1-2-3-8-19-23(21,22)20-14-12(13(16)17-9-18-14)10-4-6-11(15)7-5-10/h4-7,9,19H,2-3,8H2,1H3,(H,17,18,20). The van der Waals surface area contributed by atoms with Crippen molar-refractivity contribution in [3.8, 4) is 11.1 Å². The second-order valence-corrected chi connectivity index (χ2v) is 7.04. The normalized spacial score (nSPS) is 11.4. The number of nitrogens with one attached hydrogen (secondary N) is 2. The van der Waals surface area contributed by atoms with Crippen molar-refractivity contribution in [1.82, 2.24) is 14.7 Å². The SMILES string of the molecule is CCCCNS(=O)(=O)Nc1ncnc(Cl)c1-c1ccc(Cl)cc1. The highest BCUT2D eigenvalue weighted by Gasteiger charge is 2.17. The third kappa shape index (κ3) is 5.04. The maximum Gasteiger partial charge on any atom is 0.300 e. The van der Waals surface area contributed by atoms with Crippen LogP contribution in [0.1, 0.15) is 19.8 Å². The highest BCUT2D eigenvalue weighted by molar-refractivity contribution is 7.90. The van der Waals surface area contributed by atoms with E-state index in [1.165, 1.54) is 6.33 Å². The van der Waals surface area contributed by atoms with Gasteiger partial charge < -0.3 is 0 Å². The fourth-order valence-electron chi connectivity index (χ4n) is 1.86. The molecule has 9 heteroatoms. The van der Waals surface area contributed by atoms with Crippen LogP contribution in [0.15, 0.2) is 30.6 Å². The first-order valence-corrected chi connectivity index (χ1v) is 9.20. The molecule has 1 heterocycles. The van der Waals surface area contributed by atoms with E-state index < -0.39 is 10.2 Å². The molecule has 0 saturated heterocycles. The van der Waals surface area contributed by atoms with Crippen LogP contribution in [0.2, 0.25) is 10.2 Å². The molecule has 1 aromatic heterocycles. The molecule has 0 radical (unpaired) electrons. The second-order valence-electron chi connectivity index (χ2n) is 4.75. The Kier molecular flexibility index (Phi) is 6.17. The van der Waals surface area contributed by atoms with E-state index in [2.05, 4.69) is 19.4 Å². The van der Waals surface area contributed by atoms with Crippen LogP contribution in [0.3, 0.4) is 0 Å². The predicted octanol–water partition coefficient (Wildman–Crippen LogP) is 3.50. The lowest BCUT2D eigenvalue weighted by molar-refractivity contribution is 0.583. The topological polar surface area (TPSA) is 84.0 Å². The maximum absolute atomic E-state index is 12.1. The van der Waals surface area contributed by atoms with Gasteiger partial charge in [-0.2, -0.15) is 13.1 Å². The molecule has 0 amide bonds. The van der Waals surface area contributed by atoms with Gasteiger partial charge >= 0.3 is 0 Å². The minimum Gasteiger partial charge on any atom is -0.254 e. The summed E-state index contributed by atoms with van der Waals surface area (Å²) in [5, 5.41) is 0.707. The third-order valence-electron chi connectivity index (χ3n) is 2.99. The number of rotatable bonds is 7. The smallest absolute Gasteiger partial charge is 0.254 e. The van der Waals surface area contributed by atoms with Crippen molar-refractivity contribution in [3.63, 3.8) is 0 Å². The highest BCUT2D eigenvalue weighted by atomic mass is 35.5. The molecule has 6 nitrogen and oxygen atoms in total. The molecule has 2 rings (SSSR count). The van der Waals surface area contributed by atoms with Crippen LogP contribution in [0.25, 0.3) is 11.1 Å². The Morgan fingerprint density at radius 1 is 1.13 bits per heavy atom. The van der Waals surface area contributed by atoms with E-state index >= 15 is 0 Å². The van der Waals surface area contributed by atoms with E-state index in [0.717, 1.165) is 12.8 Å². The van der Waals surface area contributed by atoms with E-state index in [0.29, 0.717) is 22.7 Å². The van der Waals surface area contributed by atoms with Gasteiger partial charge in [0.05, 0.1) is 5.56 Å². The summed E-state index contributed by atoms with van der Waals surface area (Å²) < 4.78 is 29.0. The van der Waals surface area contributed by atoms with Crippen molar-refractivity contribution in [2.24, 2.45) is 0 Å². The van der Waals surface area contributed by atoms with Gasteiger partial charge in [0.15, 0.2) is 5.82 Å². The van der Waals surface area contributed by atoms with Crippen LogP contribution in [0.5, 0.6) is 0 Å². The van der Waals surface area contributed by atoms with Crippen molar-refractivity contribution in [2.45, 2.75) is 19.8 Å². The lowest BCUT2D eigenvalue weighted by Crippen LogP contribution is -2.31. The van der Waals surface area contributed by atoms with Crippen LogP contribution in [-0.2, 0) is 10.2 Å². The Bertz CT molecular complexity index is 767. The van der Waals surface area contributed by atoms with Crippen molar-refractivity contribution >= 4 is 39.2 Å². The number of nitrogens with zero attached hydrogens (tertiary/aromatic N) is 2. The number of anilines is 1. The van der Waals surface area contributed by atoms with Gasteiger partial charge in [0.1, 0.15) is 11.5 Å². The number of hydrogen-bond acceptors (Lipinski definition) is 4. The van der Waals surface area contributed by atoms with Crippen molar-refractivity contribution in [1.29, 1.82) is 0 Å². The average Bonchev–Trinajstić information content (AvgIpc) is 2.49. The Morgan fingerprint density at radius 3 is 2.48 bits per heavy atom. The molecule has 0 spiro atoms. The highest BCUT2D eigenvalue weighted by Crippen LogP contribution is 2.32. The second kappa shape index (κ2) is 7.92. The largest absolute Gasteiger partial charge is 0.300 e. The van der Waals surface area contributed by atoms with Crippen LogP contribution in [-0.4, -0.2) is 24.9 Å². The molecule has 2 aromatic rings. The van der Waals surface area contributed by atoms with Crippen LogP contribution in [0.4, 0.5) is 5.82 Å². The zero-order chi connectivity index (χ0) is 16.9. The molecule has 0 atom stereocenters. The molecular weight excluding hydrogens is 359 g/mol. The summed E-state index contributed by atoms with van der Waals surface area (Å²) in [6, 6.07) is 6.79. The summed E-state index contributed by atoms with van der Waals surface area (Å²) >= 11 is 12.0. The van der Waals surface area contributed by atoms with Gasteiger partial charge in [-0.25, -0.2) is 9.97 Å². The quantitative estimate of drug-likeness (QED) is 0.573. The Balaban J connectivity index is 2.33. The van der Waals surface area contributed by atoms with Crippen molar-refractivity contribution in [2.75, 3.05) is 11.3 Å². The molecule has 2 N–H and O–H groups in total. The average molecular weight is 375 g/mol. The summed E-state index contributed by atoms with van der Waals surface area (Å²) in [5.74, 6) is 0.108. The molecule has 0 aliphatic carbocycles. The predicted molar refractivity (Wildman–Crippen MR) is 92.9 cm³/mol. The van der Waals surface area contributed by atoms with Crippen LogP contribution >= 0.6 is 23.2 Å². The van der Waals surface area contributed by atoms with E-state index in [9.17, 15) is 8.42 Å². The molecule has 0 saturated carbocycles. The van der Waals surface area contributed by atoms with Crippen LogP contribution < -0.4 is 9.44 Å². The molecule has 0 aliphatic heterocycles. The third-order valence-corrected chi connectivity index (χ3v) is 4.57. The molecule has 0 aliphatic rings. The summed E-state index contributed by atoms with van der Waals surface area (Å²) in [5.41, 5.74) is 1.05.